The molecule has 5 heteroatoms. The van der Waals surface area contributed by atoms with E-state index in [1.54, 1.807) is 6.20 Å². The number of nitrogens with zero attached hydrogens (tertiary/aromatic N) is 1. The van der Waals surface area contributed by atoms with Gasteiger partial charge in [0.25, 0.3) is 0 Å². The molecule has 2 rings (SSSR count). The number of hydrogen-bond acceptors (Lipinski definition) is 2. The molecule has 0 saturated heterocycles. The molecule has 0 spiro atoms. The van der Waals surface area contributed by atoms with Crippen molar-refractivity contribution in [2.24, 2.45) is 0 Å². The Hall–Kier alpha value is -0.580. The van der Waals surface area contributed by atoms with Gasteiger partial charge in [0.15, 0.2) is 0 Å². The van der Waals surface area contributed by atoms with Gasteiger partial charge in [0.1, 0.15) is 5.82 Å². The minimum absolute atomic E-state index is 0.673. The zero-order valence-electron chi connectivity index (χ0n) is 8.97. The lowest BCUT2D eigenvalue weighted by Gasteiger charge is -2.10. The van der Waals surface area contributed by atoms with Crippen molar-refractivity contribution in [1.29, 1.82) is 0 Å². The Morgan fingerprint density at radius 3 is 2.71 bits per heavy atom. The Morgan fingerprint density at radius 1 is 1.24 bits per heavy atom. The van der Waals surface area contributed by atoms with E-state index in [0.717, 1.165) is 26.0 Å². The molecular formula is C12H9Br2ClN2. The summed E-state index contributed by atoms with van der Waals surface area (Å²) in [5, 5.41) is 3.87. The number of rotatable bonds is 2. The molecule has 0 amide bonds. The molecule has 0 fully saturated rings. The van der Waals surface area contributed by atoms with E-state index in [-0.39, 0.29) is 0 Å². The van der Waals surface area contributed by atoms with Gasteiger partial charge < -0.3 is 5.32 Å². The van der Waals surface area contributed by atoms with Gasteiger partial charge in [-0.3, -0.25) is 0 Å². The maximum absolute atomic E-state index is 6.11. The average Bonchev–Trinajstić information content (AvgIpc) is 2.27. The van der Waals surface area contributed by atoms with Crippen molar-refractivity contribution in [1.82, 2.24) is 4.98 Å². The van der Waals surface area contributed by atoms with Crippen molar-refractivity contribution in [2.45, 2.75) is 6.92 Å². The molecule has 0 saturated carbocycles. The molecule has 1 heterocycles. The van der Waals surface area contributed by atoms with Crippen LogP contribution < -0.4 is 5.32 Å². The lowest BCUT2D eigenvalue weighted by molar-refractivity contribution is 1.27. The zero-order valence-corrected chi connectivity index (χ0v) is 12.9. The predicted octanol–water partition coefficient (Wildman–Crippen LogP) is 5.31. The van der Waals surface area contributed by atoms with Gasteiger partial charge >= 0.3 is 0 Å². The van der Waals surface area contributed by atoms with Crippen molar-refractivity contribution in [3.63, 3.8) is 0 Å². The third kappa shape index (κ3) is 3.21. The molecular weight excluding hydrogens is 367 g/mol. The highest BCUT2D eigenvalue weighted by Gasteiger charge is 2.05. The van der Waals surface area contributed by atoms with Gasteiger partial charge in [-0.25, -0.2) is 4.98 Å². The normalized spacial score (nSPS) is 10.4. The summed E-state index contributed by atoms with van der Waals surface area (Å²) in [4.78, 5) is 4.28. The quantitative estimate of drug-likeness (QED) is 0.768. The SMILES string of the molecule is Cc1ccc(Cl)c(Nc2ncc(Br)cc2Br)c1. The van der Waals surface area contributed by atoms with Gasteiger partial charge in [-0.05, 0) is 62.5 Å². The Balaban J connectivity index is 2.34. The molecule has 1 N–H and O–H groups in total. The lowest BCUT2D eigenvalue weighted by atomic mass is 10.2. The first-order valence-electron chi connectivity index (χ1n) is 4.90. The molecule has 0 atom stereocenters. The largest absolute Gasteiger partial charge is 0.338 e. The molecule has 0 aliphatic rings. The van der Waals surface area contributed by atoms with E-state index >= 15 is 0 Å². The van der Waals surface area contributed by atoms with Crippen LogP contribution >= 0.6 is 43.5 Å². The second kappa shape index (κ2) is 5.38. The maximum Gasteiger partial charge on any atom is 0.144 e. The summed E-state index contributed by atoms with van der Waals surface area (Å²) in [7, 11) is 0. The molecule has 0 aliphatic heterocycles. The molecule has 0 bridgehead atoms. The smallest absolute Gasteiger partial charge is 0.144 e. The van der Waals surface area contributed by atoms with E-state index < -0.39 is 0 Å². The lowest BCUT2D eigenvalue weighted by Crippen LogP contribution is -1.95. The Morgan fingerprint density at radius 2 is 2.00 bits per heavy atom. The van der Waals surface area contributed by atoms with Gasteiger partial charge in [-0.2, -0.15) is 0 Å². The molecule has 88 valence electrons. The van der Waals surface area contributed by atoms with E-state index in [1.807, 2.05) is 31.2 Å². The van der Waals surface area contributed by atoms with Gasteiger partial charge in [-0.15, -0.1) is 0 Å². The Labute approximate surface area is 122 Å². The number of pyridine rings is 1. The van der Waals surface area contributed by atoms with Crippen LogP contribution in [0.1, 0.15) is 5.56 Å². The van der Waals surface area contributed by atoms with Crippen LogP contribution in [0.4, 0.5) is 11.5 Å². The number of halogens is 3. The van der Waals surface area contributed by atoms with Crippen LogP contribution in [-0.2, 0) is 0 Å². The minimum atomic E-state index is 0.673. The summed E-state index contributed by atoms with van der Waals surface area (Å²) in [5.41, 5.74) is 1.99. The number of aryl methyl sites for hydroxylation is 1. The minimum Gasteiger partial charge on any atom is -0.338 e. The van der Waals surface area contributed by atoms with E-state index in [0.29, 0.717) is 5.02 Å². The molecule has 17 heavy (non-hydrogen) atoms. The number of aromatic nitrogens is 1. The first-order chi connectivity index (χ1) is 8.06. The van der Waals surface area contributed by atoms with E-state index in [2.05, 4.69) is 42.2 Å². The van der Waals surface area contributed by atoms with Gasteiger partial charge in [0, 0.05) is 10.7 Å². The summed E-state index contributed by atoms with van der Waals surface area (Å²) in [6, 6.07) is 7.75. The van der Waals surface area contributed by atoms with Crippen molar-refractivity contribution >= 4 is 55.0 Å². The highest BCUT2D eigenvalue weighted by Crippen LogP contribution is 2.30. The van der Waals surface area contributed by atoms with Gasteiger partial charge in [0.2, 0.25) is 0 Å². The second-order valence-electron chi connectivity index (χ2n) is 3.59. The zero-order chi connectivity index (χ0) is 12.4. The molecule has 2 aromatic rings. The third-order valence-corrected chi connectivity index (χ3v) is 3.55. The Kier molecular flexibility index (Phi) is 4.07. The fourth-order valence-corrected chi connectivity index (χ4v) is 2.62. The third-order valence-electron chi connectivity index (χ3n) is 2.18. The number of benzene rings is 1. The number of anilines is 2. The maximum atomic E-state index is 6.11. The van der Waals surface area contributed by atoms with Crippen molar-refractivity contribution < 1.29 is 0 Å². The summed E-state index contributed by atoms with van der Waals surface area (Å²) < 4.78 is 1.80. The van der Waals surface area contributed by atoms with Crippen LogP contribution in [0, 0.1) is 6.92 Å². The second-order valence-corrected chi connectivity index (χ2v) is 5.77. The summed E-state index contributed by atoms with van der Waals surface area (Å²) >= 11 is 12.9. The van der Waals surface area contributed by atoms with Crippen LogP contribution in [0.25, 0.3) is 0 Å². The monoisotopic (exact) mass is 374 g/mol. The van der Waals surface area contributed by atoms with Gasteiger partial charge in [-0.1, -0.05) is 17.7 Å². The van der Waals surface area contributed by atoms with Gasteiger partial charge in [0.05, 0.1) is 15.2 Å². The number of nitrogens with one attached hydrogen (secondary N) is 1. The first-order valence-corrected chi connectivity index (χ1v) is 6.87. The number of hydrogen-bond donors (Lipinski definition) is 1. The fraction of sp³-hybridized carbons (Fsp3) is 0.0833. The fourth-order valence-electron chi connectivity index (χ4n) is 1.37. The van der Waals surface area contributed by atoms with Crippen LogP contribution in [0.5, 0.6) is 0 Å². The van der Waals surface area contributed by atoms with E-state index in [1.165, 1.54) is 0 Å². The molecule has 1 aromatic heterocycles. The highest BCUT2D eigenvalue weighted by molar-refractivity contribution is 9.11. The molecule has 0 radical (unpaired) electrons. The molecule has 1 aromatic carbocycles. The van der Waals surface area contributed by atoms with E-state index in [4.69, 9.17) is 11.6 Å². The first kappa shape index (κ1) is 12.9. The highest BCUT2D eigenvalue weighted by atomic mass is 79.9. The van der Waals surface area contributed by atoms with Crippen molar-refractivity contribution in [3.05, 3.63) is 50.0 Å². The summed E-state index contributed by atoms with van der Waals surface area (Å²) in [5.74, 6) is 0.737. The summed E-state index contributed by atoms with van der Waals surface area (Å²) in [6.45, 7) is 2.02. The standard InChI is InChI=1S/C12H9Br2ClN2/c1-7-2-3-10(15)11(4-7)17-12-9(14)5-8(13)6-16-12/h2-6H,1H3,(H,16,17). The van der Waals surface area contributed by atoms with Crippen molar-refractivity contribution in [2.75, 3.05) is 5.32 Å². The molecule has 0 unspecified atom stereocenters. The molecule has 0 aliphatic carbocycles. The van der Waals surface area contributed by atoms with Crippen LogP contribution in [0.15, 0.2) is 39.4 Å². The average molecular weight is 376 g/mol. The topological polar surface area (TPSA) is 24.9 Å². The predicted molar refractivity (Wildman–Crippen MR) is 79.1 cm³/mol. The molecule has 2 nitrogen and oxygen atoms in total. The Bertz CT molecular complexity index is 558. The van der Waals surface area contributed by atoms with E-state index in [9.17, 15) is 0 Å². The summed E-state index contributed by atoms with van der Waals surface area (Å²) in [6.07, 6.45) is 1.73. The van der Waals surface area contributed by atoms with Crippen molar-refractivity contribution in [3.8, 4) is 0 Å². The van der Waals surface area contributed by atoms with Crippen LogP contribution in [-0.4, -0.2) is 4.98 Å². The van der Waals surface area contributed by atoms with Crippen LogP contribution in [0.3, 0.4) is 0 Å². The van der Waals surface area contributed by atoms with Crippen LogP contribution in [0.2, 0.25) is 5.02 Å².